The van der Waals surface area contributed by atoms with E-state index in [1.807, 2.05) is 0 Å². The number of hydrazone groups is 1. The SMILES string of the molecule is COC(=O)/C(Br)=N/Nc1ccccc1Cl. The molecule has 4 nitrogen and oxygen atoms in total. The number of nitrogens with zero attached hydrogens (tertiary/aromatic N) is 1. The zero-order chi connectivity index (χ0) is 11.3. The third kappa shape index (κ3) is 3.53. The van der Waals surface area contributed by atoms with Gasteiger partial charge in [0.25, 0.3) is 0 Å². The molecule has 0 aromatic heterocycles. The molecule has 0 aliphatic heterocycles. The average Bonchev–Trinajstić information content (AvgIpc) is 2.26. The number of carbonyl (C=O) groups excluding carboxylic acids is 1. The van der Waals surface area contributed by atoms with Gasteiger partial charge in [0.2, 0.25) is 4.62 Å². The zero-order valence-corrected chi connectivity index (χ0v) is 10.2. The van der Waals surface area contributed by atoms with Crippen molar-refractivity contribution in [2.75, 3.05) is 12.5 Å². The lowest BCUT2D eigenvalue weighted by Crippen LogP contribution is -2.10. The number of hydrogen-bond acceptors (Lipinski definition) is 4. The van der Waals surface area contributed by atoms with Gasteiger partial charge in [-0.2, -0.15) is 5.10 Å². The highest BCUT2D eigenvalue weighted by Gasteiger charge is 2.07. The molecule has 0 saturated carbocycles. The summed E-state index contributed by atoms with van der Waals surface area (Å²) in [6.07, 6.45) is 0. The number of anilines is 1. The minimum Gasteiger partial charge on any atom is -0.464 e. The number of methoxy groups -OCH3 is 1. The van der Waals surface area contributed by atoms with Gasteiger partial charge in [-0.1, -0.05) is 23.7 Å². The van der Waals surface area contributed by atoms with Gasteiger partial charge < -0.3 is 4.74 Å². The summed E-state index contributed by atoms with van der Waals surface area (Å²) in [4.78, 5) is 10.9. The van der Waals surface area contributed by atoms with Crippen molar-refractivity contribution in [3.8, 4) is 0 Å². The second-order valence-electron chi connectivity index (χ2n) is 2.49. The van der Waals surface area contributed by atoms with Crippen molar-refractivity contribution in [2.45, 2.75) is 0 Å². The summed E-state index contributed by atoms with van der Waals surface area (Å²) in [5.74, 6) is -0.561. The normalized spacial score (nSPS) is 11.0. The lowest BCUT2D eigenvalue weighted by atomic mass is 10.3. The van der Waals surface area contributed by atoms with E-state index in [9.17, 15) is 4.79 Å². The van der Waals surface area contributed by atoms with Crippen LogP contribution in [0.5, 0.6) is 0 Å². The molecule has 0 spiro atoms. The first-order valence-electron chi connectivity index (χ1n) is 3.97. The molecular formula is C9H8BrClN2O2. The fraction of sp³-hybridized carbons (Fsp3) is 0.111. The predicted molar refractivity (Wildman–Crippen MR) is 63.5 cm³/mol. The highest BCUT2D eigenvalue weighted by atomic mass is 79.9. The molecule has 0 unspecified atom stereocenters. The van der Waals surface area contributed by atoms with Gasteiger partial charge in [0.15, 0.2) is 0 Å². The quantitative estimate of drug-likeness (QED) is 0.529. The third-order valence-electron chi connectivity index (χ3n) is 1.50. The average molecular weight is 292 g/mol. The van der Waals surface area contributed by atoms with Crippen LogP contribution in [0.3, 0.4) is 0 Å². The summed E-state index contributed by atoms with van der Waals surface area (Å²) in [5, 5.41) is 4.27. The molecule has 0 saturated heterocycles. The van der Waals surface area contributed by atoms with Crippen molar-refractivity contribution in [1.82, 2.24) is 0 Å². The molecule has 1 aromatic carbocycles. The molecule has 0 amide bonds. The van der Waals surface area contributed by atoms with Crippen LogP contribution in [0.15, 0.2) is 29.4 Å². The Morgan fingerprint density at radius 2 is 2.20 bits per heavy atom. The van der Waals surface area contributed by atoms with E-state index in [4.69, 9.17) is 11.6 Å². The Hall–Kier alpha value is -1.07. The topological polar surface area (TPSA) is 50.7 Å². The molecule has 0 heterocycles. The van der Waals surface area contributed by atoms with Crippen molar-refractivity contribution < 1.29 is 9.53 Å². The number of esters is 1. The van der Waals surface area contributed by atoms with Crippen LogP contribution in [0.1, 0.15) is 0 Å². The molecule has 1 aromatic rings. The Morgan fingerprint density at radius 1 is 1.53 bits per heavy atom. The Kier molecular flexibility index (Phi) is 4.58. The van der Waals surface area contributed by atoms with E-state index in [2.05, 4.69) is 31.2 Å². The van der Waals surface area contributed by atoms with Crippen LogP contribution in [-0.4, -0.2) is 17.7 Å². The summed E-state index contributed by atoms with van der Waals surface area (Å²) in [6.45, 7) is 0. The Morgan fingerprint density at radius 3 is 2.80 bits per heavy atom. The molecule has 80 valence electrons. The first kappa shape index (κ1) is 12.0. The maximum atomic E-state index is 10.9. The number of halogens is 2. The van der Waals surface area contributed by atoms with Gasteiger partial charge in [0.1, 0.15) is 0 Å². The van der Waals surface area contributed by atoms with E-state index in [1.54, 1.807) is 24.3 Å². The summed E-state index contributed by atoms with van der Waals surface area (Å²) < 4.78 is 4.49. The minimum absolute atomic E-state index is 0.0462. The van der Waals surface area contributed by atoms with Crippen LogP contribution in [0.25, 0.3) is 0 Å². The van der Waals surface area contributed by atoms with Crippen LogP contribution in [0, 0.1) is 0 Å². The fourth-order valence-electron chi connectivity index (χ4n) is 0.791. The van der Waals surface area contributed by atoms with Crippen molar-refractivity contribution in [3.63, 3.8) is 0 Å². The maximum absolute atomic E-state index is 10.9. The second-order valence-corrected chi connectivity index (χ2v) is 3.64. The first-order valence-corrected chi connectivity index (χ1v) is 5.14. The molecule has 15 heavy (non-hydrogen) atoms. The second kappa shape index (κ2) is 5.72. The largest absolute Gasteiger partial charge is 0.464 e. The van der Waals surface area contributed by atoms with Gasteiger partial charge in [-0.25, -0.2) is 4.79 Å². The van der Waals surface area contributed by atoms with Crippen LogP contribution in [-0.2, 0) is 9.53 Å². The van der Waals surface area contributed by atoms with Gasteiger partial charge >= 0.3 is 5.97 Å². The number of rotatable bonds is 3. The van der Waals surface area contributed by atoms with E-state index < -0.39 is 5.97 Å². The Balaban J connectivity index is 2.72. The summed E-state index contributed by atoms with van der Waals surface area (Å²) in [6, 6.07) is 7.05. The van der Waals surface area contributed by atoms with E-state index in [0.29, 0.717) is 10.7 Å². The number of benzene rings is 1. The minimum atomic E-state index is -0.561. The van der Waals surface area contributed by atoms with Gasteiger partial charge in [0, 0.05) is 0 Å². The van der Waals surface area contributed by atoms with E-state index in [0.717, 1.165) is 0 Å². The number of nitrogens with one attached hydrogen (secondary N) is 1. The van der Waals surface area contributed by atoms with Gasteiger partial charge in [-0.05, 0) is 28.1 Å². The molecule has 0 fully saturated rings. The lowest BCUT2D eigenvalue weighted by molar-refractivity contribution is -0.132. The highest BCUT2D eigenvalue weighted by molar-refractivity contribution is 9.19. The Labute approximate surface area is 100 Å². The van der Waals surface area contributed by atoms with E-state index in [1.165, 1.54) is 7.11 Å². The molecule has 1 rings (SSSR count). The number of ether oxygens (including phenoxy) is 1. The zero-order valence-electron chi connectivity index (χ0n) is 7.83. The van der Waals surface area contributed by atoms with Gasteiger partial charge in [0.05, 0.1) is 17.8 Å². The van der Waals surface area contributed by atoms with Gasteiger partial charge in [-0.3, -0.25) is 5.43 Å². The molecule has 6 heteroatoms. The summed E-state index contributed by atoms with van der Waals surface area (Å²) >= 11 is 8.81. The van der Waals surface area contributed by atoms with Crippen LogP contribution >= 0.6 is 27.5 Å². The van der Waals surface area contributed by atoms with E-state index >= 15 is 0 Å². The van der Waals surface area contributed by atoms with Crippen LogP contribution < -0.4 is 5.43 Å². The maximum Gasteiger partial charge on any atom is 0.365 e. The number of hydrogen-bond donors (Lipinski definition) is 1. The molecule has 0 atom stereocenters. The third-order valence-corrected chi connectivity index (χ3v) is 2.33. The smallest absolute Gasteiger partial charge is 0.365 e. The van der Waals surface area contributed by atoms with Crippen molar-refractivity contribution in [1.29, 1.82) is 0 Å². The first-order chi connectivity index (χ1) is 7.15. The van der Waals surface area contributed by atoms with Crippen molar-refractivity contribution in [3.05, 3.63) is 29.3 Å². The van der Waals surface area contributed by atoms with E-state index in [-0.39, 0.29) is 4.62 Å². The van der Waals surface area contributed by atoms with Crippen molar-refractivity contribution in [2.24, 2.45) is 5.10 Å². The summed E-state index contributed by atoms with van der Waals surface area (Å²) in [5.41, 5.74) is 3.25. The molecule has 1 N–H and O–H groups in total. The molecule has 0 radical (unpaired) electrons. The van der Waals surface area contributed by atoms with Crippen molar-refractivity contribution >= 4 is 43.8 Å². The van der Waals surface area contributed by atoms with Gasteiger partial charge in [-0.15, -0.1) is 0 Å². The van der Waals surface area contributed by atoms with Crippen LogP contribution in [0.4, 0.5) is 5.69 Å². The standard InChI is InChI=1S/C9H8BrClN2O2/c1-15-9(14)8(10)13-12-7-5-3-2-4-6(7)11/h2-5,12H,1H3/b13-8-. The molecule has 0 aliphatic carbocycles. The predicted octanol–water partition coefficient (Wildman–Crippen LogP) is 2.63. The fourth-order valence-corrected chi connectivity index (χ4v) is 1.22. The number of para-hydroxylation sites is 1. The lowest BCUT2D eigenvalue weighted by Gasteiger charge is -2.02. The number of carbonyl (C=O) groups is 1. The highest BCUT2D eigenvalue weighted by Crippen LogP contribution is 2.20. The molecule has 0 aliphatic rings. The molecule has 0 bridgehead atoms. The van der Waals surface area contributed by atoms with Crippen LogP contribution in [0.2, 0.25) is 5.02 Å². The summed E-state index contributed by atoms with van der Waals surface area (Å²) in [7, 11) is 1.27. The monoisotopic (exact) mass is 290 g/mol. The molecular weight excluding hydrogens is 283 g/mol. The Bertz CT molecular complexity index is 395.